The maximum absolute atomic E-state index is 12.8. The third-order valence-electron chi connectivity index (χ3n) is 4.98. The minimum Gasteiger partial charge on any atom is -0.489 e. The number of aromatic nitrogens is 2. The summed E-state index contributed by atoms with van der Waals surface area (Å²) in [5.74, 6) is 0.700. The molecule has 1 heterocycles. The lowest BCUT2D eigenvalue weighted by Gasteiger charge is -2.18. The zero-order valence-electron chi connectivity index (χ0n) is 17.3. The number of rotatable bonds is 7. The number of nitrogens with zero attached hydrogens (tertiary/aromatic N) is 3. The Morgan fingerprint density at radius 3 is 2.52 bits per heavy atom. The Morgan fingerprint density at radius 1 is 1.17 bits per heavy atom. The normalized spacial score (nSPS) is 10.8. The Kier molecular flexibility index (Phi) is 6.60. The van der Waals surface area contributed by atoms with Crippen LogP contribution in [0, 0.1) is 13.8 Å². The third kappa shape index (κ3) is 4.98. The number of benzene rings is 2. The van der Waals surface area contributed by atoms with E-state index in [4.69, 9.17) is 16.3 Å². The SMILES string of the molecule is CCn1nc(C)c(CN(C)C(=O)c2ccc(COc3cccc(Cl)c3)cc2)c1C. The lowest BCUT2D eigenvalue weighted by atomic mass is 10.1. The highest BCUT2D eigenvalue weighted by Crippen LogP contribution is 2.19. The van der Waals surface area contributed by atoms with Gasteiger partial charge in [-0.2, -0.15) is 5.10 Å². The van der Waals surface area contributed by atoms with Crippen molar-refractivity contribution in [2.45, 2.75) is 40.5 Å². The number of carbonyl (C=O) groups is 1. The van der Waals surface area contributed by atoms with Gasteiger partial charge in [0.25, 0.3) is 5.91 Å². The molecule has 6 heteroatoms. The summed E-state index contributed by atoms with van der Waals surface area (Å²) in [6, 6.07) is 14.8. The highest BCUT2D eigenvalue weighted by molar-refractivity contribution is 6.30. The van der Waals surface area contributed by atoms with Crippen LogP contribution in [0.3, 0.4) is 0 Å². The van der Waals surface area contributed by atoms with Crippen LogP contribution in [0.25, 0.3) is 0 Å². The van der Waals surface area contributed by atoms with Gasteiger partial charge in [0.1, 0.15) is 12.4 Å². The van der Waals surface area contributed by atoms with Crippen molar-refractivity contribution in [1.82, 2.24) is 14.7 Å². The van der Waals surface area contributed by atoms with Crippen LogP contribution in [0.4, 0.5) is 0 Å². The molecule has 0 aliphatic carbocycles. The van der Waals surface area contributed by atoms with Crippen molar-refractivity contribution in [3.8, 4) is 5.75 Å². The summed E-state index contributed by atoms with van der Waals surface area (Å²) in [5, 5.41) is 5.17. The summed E-state index contributed by atoms with van der Waals surface area (Å²) >= 11 is 5.97. The van der Waals surface area contributed by atoms with Crippen molar-refractivity contribution in [3.05, 3.63) is 81.6 Å². The molecule has 1 aromatic heterocycles. The maximum atomic E-state index is 12.8. The average Bonchev–Trinajstić information content (AvgIpc) is 2.99. The fourth-order valence-corrected chi connectivity index (χ4v) is 3.45. The third-order valence-corrected chi connectivity index (χ3v) is 5.21. The van der Waals surface area contributed by atoms with Gasteiger partial charge < -0.3 is 9.64 Å². The number of amides is 1. The van der Waals surface area contributed by atoms with Crippen LogP contribution in [0.1, 0.15) is 39.8 Å². The first kappa shape index (κ1) is 20.9. The van der Waals surface area contributed by atoms with Crippen LogP contribution in [-0.4, -0.2) is 27.6 Å². The Balaban J connectivity index is 1.63. The molecular formula is C23H26ClN3O2. The highest BCUT2D eigenvalue weighted by atomic mass is 35.5. The van der Waals surface area contributed by atoms with Crippen molar-refractivity contribution >= 4 is 17.5 Å². The van der Waals surface area contributed by atoms with Crippen LogP contribution in [0.15, 0.2) is 48.5 Å². The maximum Gasteiger partial charge on any atom is 0.253 e. The molecule has 3 rings (SSSR count). The highest BCUT2D eigenvalue weighted by Gasteiger charge is 2.17. The second-order valence-electron chi connectivity index (χ2n) is 7.07. The molecule has 0 spiro atoms. The lowest BCUT2D eigenvalue weighted by Crippen LogP contribution is -2.26. The van der Waals surface area contributed by atoms with E-state index in [1.807, 2.05) is 68.0 Å². The number of aryl methyl sites for hydroxylation is 2. The molecule has 1 amide bonds. The van der Waals surface area contributed by atoms with E-state index in [2.05, 4.69) is 12.0 Å². The molecule has 0 saturated carbocycles. The Labute approximate surface area is 176 Å². The summed E-state index contributed by atoms with van der Waals surface area (Å²) in [4.78, 5) is 14.6. The first-order chi connectivity index (χ1) is 13.9. The molecule has 152 valence electrons. The molecule has 2 aromatic carbocycles. The summed E-state index contributed by atoms with van der Waals surface area (Å²) in [5.41, 5.74) is 4.82. The van der Waals surface area contributed by atoms with Crippen LogP contribution in [0.2, 0.25) is 5.02 Å². The quantitative estimate of drug-likeness (QED) is 0.548. The zero-order valence-corrected chi connectivity index (χ0v) is 18.0. The molecule has 0 fully saturated rings. The topological polar surface area (TPSA) is 47.4 Å². The van der Waals surface area contributed by atoms with Crippen molar-refractivity contribution in [2.24, 2.45) is 0 Å². The van der Waals surface area contributed by atoms with Gasteiger partial charge in [-0.1, -0.05) is 29.8 Å². The molecule has 0 atom stereocenters. The Bertz CT molecular complexity index is 996. The van der Waals surface area contributed by atoms with Gasteiger partial charge in [-0.15, -0.1) is 0 Å². The van der Waals surface area contributed by atoms with E-state index in [9.17, 15) is 4.79 Å². The molecule has 0 N–H and O–H groups in total. The minimum atomic E-state index is -0.0182. The number of hydrogen-bond donors (Lipinski definition) is 0. The van der Waals surface area contributed by atoms with E-state index >= 15 is 0 Å². The molecule has 0 bridgehead atoms. The van der Waals surface area contributed by atoms with E-state index < -0.39 is 0 Å². The van der Waals surface area contributed by atoms with Crippen molar-refractivity contribution in [2.75, 3.05) is 7.05 Å². The predicted octanol–water partition coefficient (Wildman–Crippen LogP) is 5.02. The van der Waals surface area contributed by atoms with Crippen LogP contribution < -0.4 is 4.74 Å². The summed E-state index contributed by atoms with van der Waals surface area (Å²) in [6.07, 6.45) is 0. The van der Waals surface area contributed by atoms with Gasteiger partial charge >= 0.3 is 0 Å². The van der Waals surface area contributed by atoms with E-state index in [1.165, 1.54) is 0 Å². The monoisotopic (exact) mass is 411 g/mol. The van der Waals surface area contributed by atoms with Crippen LogP contribution in [-0.2, 0) is 19.7 Å². The fraction of sp³-hybridized carbons (Fsp3) is 0.304. The second-order valence-corrected chi connectivity index (χ2v) is 7.51. The zero-order chi connectivity index (χ0) is 21.0. The largest absolute Gasteiger partial charge is 0.489 e. The van der Waals surface area contributed by atoms with E-state index in [0.29, 0.717) is 23.7 Å². The van der Waals surface area contributed by atoms with Gasteiger partial charge in [-0.3, -0.25) is 9.48 Å². The van der Waals surface area contributed by atoms with Gasteiger partial charge in [0.05, 0.1) is 5.69 Å². The first-order valence-electron chi connectivity index (χ1n) is 9.64. The minimum absolute atomic E-state index is 0.0182. The smallest absolute Gasteiger partial charge is 0.253 e. The van der Waals surface area contributed by atoms with E-state index in [1.54, 1.807) is 11.0 Å². The number of carbonyl (C=O) groups excluding carboxylic acids is 1. The van der Waals surface area contributed by atoms with E-state index in [0.717, 1.165) is 34.8 Å². The second kappa shape index (κ2) is 9.14. The Hall–Kier alpha value is -2.79. The van der Waals surface area contributed by atoms with Gasteiger partial charge in [-0.25, -0.2) is 0 Å². The number of halogens is 1. The molecular weight excluding hydrogens is 386 g/mol. The average molecular weight is 412 g/mol. The molecule has 0 saturated heterocycles. The van der Waals surface area contributed by atoms with Crippen molar-refractivity contribution < 1.29 is 9.53 Å². The van der Waals surface area contributed by atoms with Gasteiger partial charge in [-0.05, 0) is 56.7 Å². The molecule has 3 aromatic rings. The van der Waals surface area contributed by atoms with Crippen LogP contribution >= 0.6 is 11.6 Å². The molecule has 0 aliphatic rings. The van der Waals surface area contributed by atoms with Gasteiger partial charge in [0, 0.05) is 42.0 Å². The molecule has 29 heavy (non-hydrogen) atoms. The predicted molar refractivity (Wildman–Crippen MR) is 115 cm³/mol. The molecule has 0 radical (unpaired) electrons. The molecule has 0 aliphatic heterocycles. The number of ether oxygens (including phenoxy) is 1. The summed E-state index contributed by atoms with van der Waals surface area (Å²) in [7, 11) is 1.82. The summed E-state index contributed by atoms with van der Waals surface area (Å²) in [6.45, 7) is 7.88. The summed E-state index contributed by atoms with van der Waals surface area (Å²) < 4.78 is 7.72. The van der Waals surface area contributed by atoms with Crippen molar-refractivity contribution in [3.63, 3.8) is 0 Å². The number of hydrogen-bond acceptors (Lipinski definition) is 3. The van der Waals surface area contributed by atoms with Crippen LogP contribution in [0.5, 0.6) is 5.75 Å². The van der Waals surface area contributed by atoms with E-state index in [-0.39, 0.29) is 5.91 Å². The van der Waals surface area contributed by atoms with Gasteiger partial charge in [0.15, 0.2) is 0 Å². The lowest BCUT2D eigenvalue weighted by molar-refractivity contribution is 0.0784. The van der Waals surface area contributed by atoms with Gasteiger partial charge in [0.2, 0.25) is 0 Å². The Morgan fingerprint density at radius 2 is 1.90 bits per heavy atom. The molecule has 0 unspecified atom stereocenters. The van der Waals surface area contributed by atoms with Crippen molar-refractivity contribution in [1.29, 1.82) is 0 Å². The fourth-order valence-electron chi connectivity index (χ4n) is 3.27. The molecule has 5 nitrogen and oxygen atoms in total. The standard InChI is InChI=1S/C23H26ClN3O2/c1-5-27-17(3)22(16(2)25-27)14-26(4)23(28)19-11-9-18(10-12-19)15-29-21-8-6-7-20(24)13-21/h6-13H,5,14-15H2,1-4H3. The first-order valence-corrected chi connectivity index (χ1v) is 10.0.